The van der Waals surface area contributed by atoms with Gasteiger partial charge >= 0.3 is 12.1 Å². The largest absolute Gasteiger partial charge is 0.471 e. The SMILES string of the molecule is Cc1cc(C)c2c(c1)C(NC(=O)C(F)(F)F)CC2O. The molecule has 1 aliphatic rings. The second kappa shape index (κ2) is 4.52. The zero-order valence-electron chi connectivity index (χ0n) is 10.5. The van der Waals surface area contributed by atoms with Crippen molar-refractivity contribution in [2.75, 3.05) is 0 Å². The summed E-state index contributed by atoms with van der Waals surface area (Å²) in [6, 6.07) is 2.77. The third-order valence-corrected chi connectivity index (χ3v) is 3.29. The molecule has 0 saturated heterocycles. The van der Waals surface area contributed by atoms with Crippen LogP contribution >= 0.6 is 0 Å². The minimum Gasteiger partial charge on any atom is -0.388 e. The van der Waals surface area contributed by atoms with Gasteiger partial charge in [0.2, 0.25) is 0 Å². The highest BCUT2D eigenvalue weighted by molar-refractivity contribution is 5.82. The third-order valence-electron chi connectivity index (χ3n) is 3.29. The fourth-order valence-corrected chi connectivity index (χ4v) is 2.60. The van der Waals surface area contributed by atoms with Gasteiger partial charge in [0, 0.05) is 6.42 Å². The van der Waals surface area contributed by atoms with E-state index in [4.69, 9.17) is 0 Å². The van der Waals surface area contributed by atoms with Crippen LogP contribution in [0.2, 0.25) is 0 Å². The highest BCUT2D eigenvalue weighted by atomic mass is 19.4. The fourth-order valence-electron chi connectivity index (χ4n) is 2.60. The van der Waals surface area contributed by atoms with E-state index in [9.17, 15) is 23.1 Å². The van der Waals surface area contributed by atoms with Crippen LogP contribution in [0.1, 0.15) is 40.8 Å². The number of halogens is 3. The number of nitrogens with one attached hydrogen (secondary N) is 1. The van der Waals surface area contributed by atoms with Crippen molar-refractivity contribution < 1.29 is 23.1 Å². The molecule has 2 atom stereocenters. The van der Waals surface area contributed by atoms with Crippen molar-refractivity contribution in [3.05, 3.63) is 34.4 Å². The number of fused-ring (bicyclic) bond motifs is 1. The van der Waals surface area contributed by atoms with Gasteiger partial charge in [0.15, 0.2) is 0 Å². The number of hydrogen-bond acceptors (Lipinski definition) is 2. The van der Waals surface area contributed by atoms with Crippen molar-refractivity contribution >= 4 is 5.91 Å². The molecule has 0 aliphatic heterocycles. The number of carbonyl (C=O) groups excluding carboxylic acids is 1. The third kappa shape index (κ3) is 2.58. The number of benzene rings is 1. The molecule has 2 unspecified atom stereocenters. The van der Waals surface area contributed by atoms with E-state index in [-0.39, 0.29) is 6.42 Å². The topological polar surface area (TPSA) is 49.3 Å². The summed E-state index contributed by atoms with van der Waals surface area (Å²) in [7, 11) is 0. The average Bonchev–Trinajstić information content (AvgIpc) is 2.54. The summed E-state index contributed by atoms with van der Waals surface area (Å²) in [5.74, 6) is -1.98. The van der Waals surface area contributed by atoms with Crippen LogP contribution in [0.4, 0.5) is 13.2 Å². The van der Waals surface area contributed by atoms with Crippen molar-refractivity contribution in [1.82, 2.24) is 5.32 Å². The van der Waals surface area contributed by atoms with Crippen LogP contribution in [0.5, 0.6) is 0 Å². The molecule has 0 radical (unpaired) electrons. The Morgan fingerprint density at radius 1 is 1.37 bits per heavy atom. The van der Waals surface area contributed by atoms with Crippen LogP contribution in [-0.2, 0) is 4.79 Å². The van der Waals surface area contributed by atoms with E-state index in [1.807, 2.05) is 18.3 Å². The van der Waals surface area contributed by atoms with Gasteiger partial charge in [-0.15, -0.1) is 0 Å². The Kier molecular flexibility index (Phi) is 3.30. The molecule has 1 aromatic rings. The number of aliphatic hydroxyl groups is 1. The molecule has 2 rings (SSSR count). The van der Waals surface area contributed by atoms with Gasteiger partial charge in [-0.1, -0.05) is 17.7 Å². The number of hydrogen-bond donors (Lipinski definition) is 2. The number of aryl methyl sites for hydroxylation is 2. The standard InChI is InChI=1S/C13H14F3NO2/c1-6-3-7(2)11-8(4-6)9(5-10(11)18)17-12(19)13(14,15)16/h3-4,9-10,18H,5H2,1-2H3,(H,17,19). The number of carbonyl (C=O) groups is 1. The predicted molar refractivity (Wildman–Crippen MR) is 62.4 cm³/mol. The molecule has 104 valence electrons. The number of rotatable bonds is 1. The molecular formula is C13H14F3NO2. The normalized spacial score (nSPS) is 22.2. The summed E-state index contributed by atoms with van der Waals surface area (Å²) in [6.07, 6.45) is -5.68. The first-order valence-corrected chi connectivity index (χ1v) is 5.87. The summed E-state index contributed by atoms with van der Waals surface area (Å²) in [6.45, 7) is 3.61. The van der Waals surface area contributed by atoms with E-state index in [0.29, 0.717) is 11.1 Å². The van der Waals surface area contributed by atoms with Crippen LogP contribution in [0.25, 0.3) is 0 Å². The molecule has 1 amide bonds. The lowest BCUT2D eigenvalue weighted by Crippen LogP contribution is -2.38. The number of aliphatic hydroxyl groups excluding tert-OH is 1. The van der Waals surface area contributed by atoms with Crippen molar-refractivity contribution in [3.63, 3.8) is 0 Å². The zero-order chi connectivity index (χ0) is 14.4. The summed E-state index contributed by atoms with van der Waals surface area (Å²) < 4.78 is 36.8. The molecular weight excluding hydrogens is 259 g/mol. The maximum Gasteiger partial charge on any atom is 0.471 e. The first-order chi connectivity index (χ1) is 8.70. The maximum absolute atomic E-state index is 12.3. The minimum absolute atomic E-state index is 0.0709. The molecule has 0 fully saturated rings. The Labute approximate surface area is 108 Å². The molecule has 6 heteroatoms. The van der Waals surface area contributed by atoms with Crippen LogP contribution in [-0.4, -0.2) is 17.2 Å². The van der Waals surface area contributed by atoms with Crippen LogP contribution in [0, 0.1) is 13.8 Å². The lowest BCUT2D eigenvalue weighted by molar-refractivity contribution is -0.174. The first-order valence-electron chi connectivity index (χ1n) is 5.87. The molecule has 0 spiro atoms. The predicted octanol–water partition coefficient (Wildman–Crippen LogP) is 2.46. The molecule has 19 heavy (non-hydrogen) atoms. The Morgan fingerprint density at radius 3 is 2.58 bits per heavy atom. The van der Waals surface area contributed by atoms with E-state index >= 15 is 0 Å². The maximum atomic E-state index is 12.3. The van der Waals surface area contributed by atoms with Crippen LogP contribution < -0.4 is 5.32 Å². The summed E-state index contributed by atoms with van der Waals surface area (Å²) >= 11 is 0. The van der Waals surface area contributed by atoms with Gasteiger partial charge in [0.25, 0.3) is 0 Å². The quantitative estimate of drug-likeness (QED) is 0.825. The van der Waals surface area contributed by atoms with E-state index in [1.165, 1.54) is 0 Å². The average molecular weight is 273 g/mol. The molecule has 0 heterocycles. The van der Waals surface area contributed by atoms with Gasteiger partial charge in [-0.05, 0) is 30.5 Å². The highest BCUT2D eigenvalue weighted by Gasteiger charge is 2.42. The number of amides is 1. The minimum atomic E-state index is -4.91. The lowest BCUT2D eigenvalue weighted by atomic mass is 9.99. The highest BCUT2D eigenvalue weighted by Crippen LogP contribution is 2.41. The van der Waals surface area contributed by atoms with Gasteiger partial charge in [0.05, 0.1) is 12.1 Å². The molecule has 3 nitrogen and oxygen atoms in total. The zero-order valence-corrected chi connectivity index (χ0v) is 10.5. The van der Waals surface area contributed by atoms with Gasteiger partial charge in [-0.25, -0.2) is 0 Å². The van der Waals surface area contributed by atoms with Crippen LogP contribution in [0.15, 0.2) is 12.1 Å². The summed E-state index contributed by atoms with van der Waals surface area (Å²) in [5.41, 5.74) is 2.91. The van der Waals surface area contributed by atoms with Crippen LogP contribution in [0.3, 0.4) is 0 Å². The fraction of sp³-hybridized carbons (Fsp3) is 0.462. The smallest absolute Gasteiger partial charge is 0.388 e. The second-order valence-corrected chi connectivity index (χ2v) is 4.86. The first kappa shape index (κ1) is 13.9. The Hall–Kier alpha value is -1.56. The molecule has 2 N–H and O–H groups in total. The lowest BCUT2D eigenvalue weighted by Gasteiger charge is -2.16. The Bertz CT molecular complexity index is 525. The Balaban J connectivity index is 2.32. The van der Waals surface area contributed by atoms with Crippen molar-refractivity contribution in [2.24, 2.45) is 0 Å². The molecule has 0 bridgehead atoms. The van der Waals surface area contributed by atoms with E-state index in [0.717, 1.165) is 11.1 Å². The van der Waals surface area contributed by atoms with Crippen molar-refractivity contribution in [3.8, 4) is 0 Å². The summed E-state index contributed by atoms with van der Waals surface area (Å²) in [5, 5.41) is 11.8. The molecule has 1 aliphatic carbocycles. The number of alkyl halides is 3. The monoisotopic (exact) mass is 273 g/mol. The van der Waals surface area contributed by atoms with E-state index < -0.39 is 24.2 Å². The van der Waals surface area contributed by atoms with Gasteiger partial charge in [0.1, 0.15) is 0 Å². The van der Waals surface area contributed by atoms with Gasteiger partial charge in [-0.2, -0.15) is 13.2 Å². The summed E-state index contributed by atoms with van der Waals surface area (Å²) in [4.78, 5) is 11.0. The molecule has 0 aromatic heterocycles. The molecule has 1 aromatic carbocycles. The van der Waals surface area contributed by atoms with E-state index in [1.54, 1.807) is 13.0 Å². The van der Waals surface area contributed by atoms with Gasteiger partial charge in [-0.3, -0.25) is 4.79 Å². The van der Waals surface area contributed by atoms with E-state index in [2.05, 4.69) is 0 Å². The Morgan fingerprint density at radius 2 is 2.00 bits per heavy atom. The van der Waals surface area contributed by atoms with Gasteiger partial charge < -0.3 is 10.4 Å². The van der Waals surface area contributed by atoms with Crippen molar-refractivity contribution in [1.29, 1.82) is 0 Å². The second-order valence-electron chi connectivity index (χ2n) is 4.86. The van der Waals surface area contributed by atoms with Crippen molar-refractivity contribution in [2.45, 2.75) is 38.6 Å². The molecule has 0 saturated carbocycles.